The number of benzene rings is 2. The largest absolute Gasteiger partial charge is 0.462 e. The Balaban J connectivity index is 1.92. The standard InChI is InChI=1S/C19H15FO5/c1-3-23-19(22)17-11(2)24-16-9-8-14(10-15(16)17)25-18(21)12-4-6-13(20)7-5-12/h4-10H,3H2,1-2H3. The number of furan rings is 1. The molecule has 0 aliphatic carbocycles. The smallest absolute Gasteiger partial charge is 0.343 e. The molecule has 0 bridgehead atoms. The molecule has 0 amide bonds. The van der Waals surface area contributed by atoms with Gasteiger partial charge in [-0.1, -0.05) is 0 Å². The summed E-state index contributed by atoms with van der Waals surface area (Å²) in [6, 6.07) is 9.74. The minimum Gasteiger partial charge on any atom is -0.462 e. The van der Waals surface area contributed by atoms with Gasteiger partial charge in [0.1, 0.15) is 28.5 Å². The third kappa shape index (κ3) is 3.38. The molecule has 0 radical (unpaired) electrons. The molecule has 128 valence electrons. The van der Waals surface area contributed by atoms with Crippen LogP contribution in [-0.2, 0) is 4.74 Å². The van der Waals surface area contributed by atoms with Gasteiger partial charge in [0.2, 0.25) is 0 Å². The first-order valence-electron chi connectivity index (χ1n) is 7.67. The van der Waals surface area contributed by atoms with E-state index in [0.717, 1.165) is 0 Å². The molecule has 0 fully saturated rings. The average molecular weight is 342 g/mol. The Bertz CT molecular complexity index is 940. The van der Waals surface area contributed by atoms with Crippen molar-refractivity contribution >= 4 is 22.9 Å². The van der Waals surface area contributed by atoms with Crippen molar-refractivity contribution in [2.45, 2.75) is 13.8 Å². The Labute approximate surface area is 143 Å². The predicted octanol–water partition coefficient (Wildman–Crippen LogP) is 4.28. The molecular weight excluding hydrogens is 327 g/mol. The van der Waals surface area contributed by atoms with E-state index in [9.17, 15) is 14.0 Å². The second-order valence-electron chi connectivity index (χ2n) is 5.31. The van der Waals surface area contributed by atoms with Crippen molar-refractivity contribution in [3.63, 3.8) is 0 Å². The Morgan fingerprint density at radius 1 is 1.08 bits per heavy atom. The number of halogens is 1. The van der Waals surface area contributed by atoms with Crippen molar-refractivity contribution in [3.05, 3.63) is 65.2 Å². The maximum absolute atomic E-state index is 12.9. The highest BCUT2D eigenvalue weighted by atomic mass is 19.1. The molecule has 2 aromatic carbocycles. The van der Waals surface area contributed by atoms with E-state index in [0.29, 0.717) is 22.3 Å². The van der Waals surface area contributed by atoms with E-state index in [2.05, 4.69) is 0 Å². The molecule has 5 nitrogen and oxygen atoms in total. The number of carbonyl (C=O) groups is 2. The molecule has 0 unspecified atom stereocenters. The van der Waals surface area contributed by atoms with Gasteiger partial charge in [0, 0.05) is 5.39 Å². The van der Waals surface area contributed by atoms with Gasteiger partial charge in [-0.2, -0.15) is 0 Å². The summed E-state index contributed by atoms with van der Waals surface area (Å²) in [5.74, 6) is -0.896. The SMILES string of the molecule is CCOC(=O)c1c(C)oc2ccc(OC(=O)c3ccc(F)cc3)cc12. The summed E-state index contributed by atoms with van der Waals surface area (Å²) < 4.78 is 28.8. The lowest BCUT2D eigenvalue weighted by atomic mass is 10.1. The Kier molecular flexibility index (Phi) is 4.52. The van der Waals surface area contributed by atoms with Gasteiger partial charge in [-0.15, -0.1) is 0 Å². The third-order valence-electron chi connectivity index (χ3n) is 3.61. The molecule has 0 spiro atoms. The van der Waals surface area contributed by atoms with Gasteiger partial charge in [0.05, 0.1) is 12.2 Å². The monoisotopic (exact) mass is 342 g/mol. The number of ether oxygens (including phenoxy) is 2. The number of hydrogen-bond donors (Lipinski definition) is 0. The second-order valence-corrected chi connectivity index (χ2v) is 5.31. The molecule has 0 aliphatic rings. The van der Waals surface area contributed by atoms with E-state index in [4.69, 9.17) is 13.9 Å². The highest BCUT2D eigenvalue weighted by molar-refractivity contribution is 6.05. The molecular formula is C19H15FO5. The highest BCUT2D eigenvalue weighted by Gasteiger charge is 2.20. The molecule has 6 heteroatoms. The normalized spacial score (nSPS) is 10.7. The molecule has 0 saturated heterocycles. The van der Waals surface area contributed by atoms with E-state index in [-0.39, 0.29) is 17.9 Å². The van der Waals surface area contributed by atoms with Crippen molar-refractivity contribution in [2.24, 2.45) is 0 Å². The van der Waals surface area contributed by atoms with Crippen LogP contribution in [0.15, 0.2) is 46.9 Å². The summed E-state index contributed by atoms with van der Waals surface area (Å²) in [6.45, 7) is 3.62. The van der Waals surface area contributed by atoms with Crippen molar-refractivity contribution in [1.82, 2.24) is 0 Å². The first kappa shape index (κ1) is 16.7. The predicted molar refractivity (Wildman–Crippen MR) is 88.3 cm³/mol. The molecule has 25 heavy (non-hydrogen) atoms. The summed E-state index contributed by atoms with van der Waals surface area (Å²) in [6.07, 6.45) is 0. The number of fused-ring (bicyclic) bond motifs is 1. The zero-order valence-electron chi connectivity index (χ0n) is 13.7. The van der Waals surface area contributed by atoms with Crippen LogP contribution in [0.1, 0.15) is 33.4 Å². The van der Waals surface area contributed by atoms with Gasteiger partial charge in [-0.25, -0.2) is 14.0 Å². The van der Waals surface area contributed by atoms with Crippen molar-refractivity contribution in [1.29, 1.82) is 0 Å². The fraction of sp³-hybridized carbons (Fsp3) is 0.158. The number of hydrogen-bond acceptors (Lipinski definition) is 5. The van der Waals surface area contributed by atoms with Gasteiger partial charge >= 0.3 is 11.9 Å². The van der Waals surface area contributed by atoms with Crippen LogP contribution >= 0.6 is 0 Å². The number of aryl methyl sites for hydroxylation is 1. The van der Waals surface area contributed by atoms with Crippen LogP contribution in [0.2, 0.25) is 0 Å². The fourth-order valence-electron chi connectivity index (χ4n) is 2.47. The number of carbonyl (C=O) groups excluding carboxylic acids is 2. The number of rotatable bonds is 4. The first-order chi connectivity index (χ1) is 12.0. The third-order valence-corrected chi connectivity index (χ3v) is 3.61. The molecule has 0 atom stereocenters. The van der Waals surface area contributed by atoms with Crippen LogP contribution in [0, 0.1) is 12.7 Å². The van der Waals surface area contributed by atoms with E-state index in [1.54, 1.807) is 32.0 Å². The van der Waals surface area contributed by atoms with E-state index in [1.807, 2.05) is 0 Å². The summed E-state index contributed by atoms with van der Waals surface area (Å²) in [7, 11) is 0. The molecule has 3 rings (SSSR count). The minimum atomic E-state index is -0.628. The van der Waals surface area contributed by atoms with Crippen LogP contribution in [0.25, 0.3) is 11.0 Å². The van der Waals surface area contributed by atoms with Gasteiger partial charge < -0.3 is 13.9 Å². The maximum Gasteiger partial charge on any atom is 0.343 e. The zero-order chi connectivity index (χ0) is 18.0. The van der Waals surface area contributed by atoms with E-state index < -0.39 is 17.8 Å². The van der Waals surface area contributed by atoms with Gasteiger partial charge in [0.25, 0.3) is 0 Å². The second kappa shape index (κ2) is 6.76. The van der Waals surface area contributed by atoms with Gasteiger partial charge in [-0.05, 0) is 56.3 Å². The summed E-state index contributed by atoms with van der Waals surface area (Å²) in [5, 5.41) is 0.500. The van der Waals surface area contributed by atoms with Crippen molar-refractivity contribution in [3.8, 4) is 5.75 Å². The summed E-state index contributed by atoms with van der Waals surface area (Å²) >= 11 is 0. The van der Waals surface area contributed by atoms with Crippen LogP contribution in [0.3, 0.4) is 0 Å². The highest BCUT2D eigenvalue weighted by Crippen LogP contribution is 2.30. The van der Waals surface area contributed by atoms with Gasteiger partial charge in [-0.3, -0.25) is 0 Å². The lowest BCUT2D eigenvalue weighted by Gasteiger charge is -2.05. The van der Waals surface area contributed by atoms with Gasteiger partial charge in [0.15, 0.2) is 0 Å². The lowest BCUT2D eigenvalue weighted by molar-refractivity contribution is 0.0526. The maximum atomic E-state index is 12.9. The molecule has 0 saturated carbocycles. The zero-order valence-corrected chi connectivity index (χ0v) is 13.7. The van der Waals surface area contributed by atoms with Crippen LogP contribution in [-0.4, -0.2) is 18.5 Å². The van der Waals surface area contributed by atoms with Crippen LogP contribution in [0.5, 0.6) is 5.75 Å². The Morgan fingerprint density at radius 3 is 2.48 bits per heavy atom. The first-order valence-corrected chi connectivity index (χ1v) is 7.67. The van der Waals surface area contributed by atoms with Crippen molar-refractivity contribution < 1.29 is 27.9 Å². The Hall–Kier alpha value is -3.15. The lowest BCUT2D eigenvalue weighted by Crippen LogP contribution is -2.08. The summed E-state index contributed by atoms with van der Waals surface area (Å²) in [5.41, 5.74) is 1.01. The van der Waals surface area contributed by atoms with E-state index >= 15 is 0 Å². The fourth-order valence-corrected chi connectivity index (χ4v) is 2.47. The average Bonchev–Trinajstić information content (AvgIpc) is 2.91. The van der Waals surface area contributed by atoms with Crippen LogP contribution < -0.4 is 4.74 Å². The van der Waals surface area contributed by atoms with Crippen LogP contribution in [0.4, 0.5) is 4.39 Å². The minimum absolute atomic E-state index is 0.218. The molecule has 0 N–H and O–H groups in total. The summed E-state index contributed by atoms with van der Waals surface area (Å²) in [4.78, 5) is 24.2. The van der Waals surface area contributed by atoms with Crippen molar-refractivity contribution in [2.75, 3.05) is 6.61 Å². The molecule has 0 aliphatic heterocycles. The molecule has 1 aromatic heterocycles. The molecule has 3 aromatic rings. The topological polar surface area (TPSA) is 65.7 Å². The number of esters is 2. The quantitative estimate of drug-likeness (QED) is 0.523. The molecule has 1 heterocycles. The van der Waals surface area contributed by atoms with E-state index in [1.165, 1.54) is 24.3 Å². The Morgan fingerprint density at radius 2 is 1.80 bits per heavy atom.